The van der Waals surface area contributed by atoms with Crippen molar-refractivity contribution in [1.29, 1.82) is 0 Å². The molecule has 69 valence electrons. The van der Waals surface area contributed by atoms with Crippen LogP contribution in [0.2, 0.25) is 0 Å². The fourth-order valence-corrected chi connectivity index (χ4v) is 2.25. The predicted molar refractivity (Wildman–Crippen MR) is 52.0 cm³/mol. The lowest BCUT2D eigenvalue weighted by Gasteiger charge is -2.38. The summed E-state index contributed by atoms with van der Waals surface area (Å²) in [5, 5.41) is 0. The Morgan fingerprint density at radius 1 is 0.917 bits per heavy atom. The maximum absolute atomic E-state index is 2.70. The van der Waals surface area contributed by atoms with Crippen molar-refractivity contribution >= 4 is 0 Å². The topological polar surface area (TPSA) is 3.24 Å². The first kappa shape index (κ1) is 8.55. The van der Waals surface area contributed by atoms with Gasteiger partial charge >= 0.3 is 0 Å². The summed E-state index contributed by atoms with van der Waals surface area (Å²) in [6.45, 7) is 2.72. The Hall–Kier alpha value is -0.0400. The highest BCUT2D eigenvalue weighted by atomic mass is 15.2. The Bertz CT molecular complexity index is 121. The second-order valence-electron chi connectivity index (χ2n) is 4.18. The van der Waals surface area contributed by atoms with Crippen LogP contribution in [-0.2, 0) is 0 Å². The third kappa shape index (κ3) is 2.01. The van der Waals surface area contributed by atoms with E-state index in [4.69, 9.17) is 0 Å². The maximum Gasteiger partial charge on any atom is 0.0127 e. The lowest BCUT2D eigenvalue weighted by molar-refractivity contribution is 0.159. The van der Waals surface area contributed by atoms with E-state index in [0.717, 1.165) is 6.04 Å². The number of rotatable bonds is 1. The van der Waals surface area contributed by atoms with Crippen molar-refractivity contribution in [2.24, 2.45) is 0 Å². The van der Waals surface area contributed by atoms with Crippen LogP contribution in [0.25, 0.3) is 0 Å². The van der Waals surface area contributed by atoms with Crippen molar-refractivity contribution in [2.75, 3.05) is 13.1 Å². The van der Waals surface area contributed by atoms with E-state index in [2.05, 4.69) is 11.3 Å². The molecule has 1 saturated carbocycles. The van der Waals surface area contributed by atoms with Crippen molar-refractivity contribution in [1.82, 2.24) is 4.90 Å². The molecule has 0 aromatic heterocycles. The molecule has 1 heteroatoms. The molecular weight excluding hydrogens is 146 g/mol. The summed E-state index contributed by atoms with van der Waals surface area (Å²) in [5.74, 6) is 0. The van der Waals surface area contributed by atoms with E-state index in [-0.39, 0.29) is 0 Å². The average molecular weight is 166 g/mol. The molecule has 1 unspecified atom stereocenters. The van der Waals surface area contributed by atoms with Crippen molar-refractivity contribution in [3.63, 3.8) is 0 Å². The largest absolute Gasteiger partial charge is 0.300 e. The fourth-order valence-electron chi connectivity index (χ4n) is 2.25. The first-order chi connectivity index (χ1) is 5.97. The van der Waals surface area contributed by atoms with Gasteiger partial charge in [-0.2, -0.15) is 0 Å². The van der Waals surface area contributed by atoms with Crippen molar-refractivity contribution in [3.05, 3.63) is 6.42 Å². The van der Waals surface area contributed by atoms with Gasteiger partial charge in [-0.25, -0.2) is 0 Å². The average Bonchev–Trinajstić information content (AvgIpc) is 1.90. The van der Waals surface area contributed by atoms with Crippen molar-refractivity contribution in [3.8, 4) is 0 Å². The summed E-state index contributed by atoms with van der Waals surface area (Å²) in [7, 11) is 0. The molecule has 0 amide bonds. The van der Waals surface area contributed by atoms with E-state index >= 15 is 0 Å². The van der Waals surface area contributed by atoms with Gasteiger partial charge in [0.25, 0.3) is 0 Å². The third-order valence-electron chi connectivity index (χ3n) is 3.26. The van der Waals surface area contributed by atoms with Gasteiger partial charge in [0.1, 0.15) is 0 Å². The van der Waals surface area contributed by atoms with Gasteiger partial charge in [-0.05, 0) is 45.2 Å². The molecule has 0 spiro atoms. The van der Waals surface area contributed by atoms with E-state index in [9.17, 15) is 0 Å². The van der Waals surface area contributed by atoms with Crippen LogP contribution in [0, 0.1) is 6.42 Å². The molecule has 12 heavy (non-hydrogen) atoms. The van der Waals surface area contributed by atoms with Crippen LogP contribution in [0.5, 0.6) is 0 Å². The molecule has 1 saturated heterocycles. The van der Waals surface area contributed by atoms with Gasteiger partial charge in [-0.3, -0.25) is 0 Å². The van der Waals surface area contributed by atoms with Gasteiger partial charge in [-0.15, -0.1) is 0 Å². The molecule has 1 heterocycles. The zero-order chi connectivity index (χ0) is 8.23. The molecule has 1 aliphatic carbocycles. The highest BCUT2D eigenvalue weighted by Gasteiger charge is 2.24. The van der Waals surface area contributed by atoms with Crippen LogP contribution >= 0.6 is 0 Å². The molecule has 0 bridgehead atoms. The van der Waals surface area contributed by atoms with E-state index in [1.807, 2.05) is 0 Å². The number of hydrogen-bond donors (Lipinski definition) is 0. The molecule has 0 aromatic rings. The zero-order valence-electron chi connectivity index (χ0n) is 7.97. The number of hydrogen-bond acceptors (Lipinski definition) is 1. The summed E-state index contributed by atoms with van der Waals surface area (Å²) >= 11 is 0. The summed E-state index contributed by atoms with van der Waals surface area (Å²) in [6.07, 6.45) is 12.5. The second kappa shape index (κ2) is 4.27. The third-order valence-corrected chi connectivity index (χ3v) is 3.26. The Kier molecular flexibility index (Phi) is 3.04. The minimum Gasteiger partial charge on any atom is -0.300 e. The van der Waals surface area contributed by atoms with Crippen molar-refractivity contribution < 1.29 is 0 Å². The van der Waals surface area contributed by atoms with E-state index < -0.39 is 0 Å². The van der Waals surface area contributed by atoms with E-state index in [1.165, 1.54) is 58.0 Å². The van der Waals surface area contributed by atoms with Gasteiger partial charge in [0, 0.05) is 6.04 Å². The molecule has 0 aromatic carbocycles. The summed E-state index contributed by atoms with van der Waals surface area (Å²) in [4.78, 5) is 2.70. The molecule has 2 fully saturated rings. The lowest BCUT2D eigenvalue weighted by atomic mass is 9.90. The summed E-state index contributed by atoms with van der Waals surface area (Å²) in [6, 6.07) is 0.864. The molecular formula is C11H20N. The SMILES string of the molecule is [CH]1CCC1N1CCCCCCC1. The molecule has 0 N–H and O–H groups in total. The Morgan fingerprint density at radius 2 is 1.50 bits per heavy atom. The lowest BCUT2D eigenvalue weighted by Crippen LogP contribution is -2.42. The van der Waals surface area contributed by atoms with E-state index in [0.29, 0.717) is 0 Å². The van der Waals surface area contributed by atoms with Crippen LogP contribution in [0.4, 0.5) is 0 Å². The summed E-state index contributed by atoms with van der Waals surface area (Å²) in [5.41, 5.74) is 0. The van der Waals surface area contributed by atoms with Crippen LogP contribution in [0.1, 0.15) is 44.9 Å². The van der Waals surface area contributed by atoms with Crippen LogP contribution in [0.15, 0.2) is 0 Å². The van der Waals surface area contributed by atoms with Crippen LogP contribution < -0.4 is 0 Å². The standard InChI is InChI=1S/C11H20N/c1-2-4-9-12(10-5-3-1)11-7-6-8-11/h7,11H,1-6,8-10H2. The highest BCUT2D eigenvalue weighted by molar-refractivity contribution is 4.95. The molecule has 1 aliphatic heterocycles. The first-order valence-electron chi connectivity index (χ1n) is 5.54. The second-order valence-corrected chi connectivity index (χ2v) is 4.18. The molecule has 2 aliphatic rings. The van der Waals surface area contributed by atoms with Gasteiger partial charge in [0.15, 0.2) is 0 Å². The van der Waals surface area contributed by atoms with Gasteiger partial charge in [0.05, 0.1) is 0 Å². The quantitative estimate of drug-likeness (QED) is 0.579. The first-order valence-corrected chi connectivity index (χ1v) is 5.54. The molecule has 1 radical (unpaired) electrons. The van der Waals surface area contributed by atoms with Crippen LogP contribution in [-0.4, -0.2) is 24.0 Å². The smallest absolute Gasteiger partial charge is 0.0127 e. The molecule has 1 atom stereocenters. The Morgan fingerprint density at radius 3 is 2.00 bits per heavy atom. The highest BCUT2D eigenvalue weighted by Crippen LogP contribution is 2.25. The van der Waals surface area contributed by atoms with Gasteiger partial charge < -0.3 is 4.90 Å². The minimum absolute atomic E-state index is 0.864. The normalized spacial score (nSPS) is 29.0. The molecule has 2 rings (SSSR count). The molecule has 1 nitrogen and oxygen atoms in total. The Balaban J connectivity index is 1.77. The monoisotopic (exact) mass is 166 g/mol. The Labute approximate surface area is 76.1 Å². The summed E-state index contributed by atoms with van der Waals surface area (Å²) < 4.78 is 0. The predicted octanol–water partition coefficient (Wildman–Crippen LogP) is 2.62. The van der Waals surface area contributed by atoms with Crippen molar-refractivity contribution in [2.45, 2.75) is 51.0 Å². The number of likely N-dealkylation sites (tertiary alicyclic amines) is 1. The maximum atomic E-state index is 2.70. The number of nitrogens with zero attached hydrogens (tertiary/aromatic N) is 1. The van der Waals surface area contributed by atoms with Gasteiger partial charge in [-0.1, -0.05) is 19.3 Å². The zero-order valence-corrected chi connectivity index (χ0v) is 7.97. The van der Waals surface area contributed by atoms with E-state index in [1.54, 1.807) is 0 Å². The fraction of sp³-hybridized carbons (Fsp3) is 0.909. The van der Waals surface area contributed by atoms with Gasteiger partial charge in [0.2, 0.25) is 0 Å². The van der Waals surface area contributed by atoms with Crippen LogP contribution in [0.3, 0.4) is 0 Å². The minimum atomic E-state index is 0.864.